The van der Waals surface area contributed by atoms with Crippen molar-refractivity contribution in [1.29, 1.82) is 0 Å². The molecular weight excluding hydrogens is 240 g/mol. The third-order valence-electron chi connectivity index (χ3n) is 3.84. The zero-order chi connectivity index (χ0) is 13.0. The Morgan fingerprint density at radius 2 is 1.94 bits per heavy atom. The Hall–Kier alpha value is -1.09. The lowest BCUT2D eigenvalue weighted by Gasteiger charge is -2.36. The lowest BCUT2D eigenvalue weighted by atomic mass is 9.93. The average Bonchev–Trinajstić information content (AvgIpc) is 2.41. The number of hydrogen-bond acceptors (Lipinski definition) is 2. The van der Waals surface area contributed by atoms with Gasteiger partial charge in [0.2, 0.25) is 0 Å². The van der Waals surface area contributed by atoms with Crippen LogP contribution in [0.5, 0.6) is 0 Å². The van der Waals surface area contributed by atoms with E-state index in [9.17, 15) is 0 Å². The van der Waals surface area contributed by atoms with Crippen molar-refractivity contribution >= 4 is 22.9 Å². The standard InChI is InChI=1S/C15H22N2S/c1-2-17(12-8-4-3-5-9-12)14-11-7-6-10-13(14)15(16)18/h6-7,10-12H,2-5,8-9H2,1H3,(H2,16,18). The van der Waals surface area contributed by atoms with Crippen LogP contribution < -0.4 is 10.6 Å². The van der Waals surface area contributed by atoms with E-state index in [1.807, 2.05) is 12.1 Å². The number of hydrogen-bond donors (Lipinski definition) is 1. The van der Waals surface area contributed by atoms with Crippen LogP contribution in [0.4, 0.5) is 5.69 Å². The van der Waals surface area contributed by atoms with Gasteiger partial charge in [0.1, 0.15) is 4.99 Å². The van der Waals surface area contributed by atoms with E-state index in [1.54, 1.807) is 0 Å². The summed E-state index contributed by atoms with van der Waals surface area (Å²) in [5.74, 6) is 0. The van der Waals surface area contributed by atoms with Crippen molar-refractivity contribution in [3.05, 3.63) is 29.8 Å². The number of thiocarbonyl (C=S) groups is 1. The van der Waals surface area contributed by atoms with Crippen molar-refractivity contribution in [2.45, 2.75) is 45.1 Å². The molecule has 0 spiro atoms. The van der Waals surface area contributed by atoms with Crippen LogP contribution in [0.2, 0.25) is 0 Å². The molecule has 0 unspecified atom stereocenters. The van der Waals surface area contributed by atoms with Gasteiger partial charge < -0.3 is 10.6 Å². The van der Waals surface area contributed by atoms with Crippen molar-refractivity contribution in [3.63, 3.8) is 0 Å². The SMILES string of the molecule is CCN(c1ccccc1C(N)=S)C1CCCCC1. The monoisotopic (exact) mass is 262 g/mol. The predicted octanol–water partition coefficient (Wildman–Crippen LogP) is 3.48. The number of rotatable bonds is 4. The fraction of sp³-hybridized carbons (Fsp3) is 0.533. The number of anilines is 1. The molecule has 0 heterocycles. The first-order chi connectivity index (χ1) is 8.74. The maximum Gasteiger partial charge on any atom is 0.106 e. The molecule has 0 atom stereocenters. The first-order valence-corrected chi connectivity index (χ1v) is 7.30. The minimum absolute atomic E-state index is 0.500. The van der Waals surface area contributed by atoms with Gasteiger partial charge in [-0.3, -0.25) is 0 Å². The maximum absolute atomic E-state index is 5.84. The van der Waals surface area contributed by atoms with Gasteiger partial charge in [-0.05, 0) is 31.9 Å². The number of nitrogens with two attached hydrogens (primary N) is 1. The molecule has 18 heavy (non-hydrogen) atoms. The molecule has 0 amide bonds. The molecule has 1 saturated carbocycles. The van der Waals surface area contributed by atoms with E-state index < -0.39 is 0 Å². The Bertz CT molecular complexity index is 411. The molecule has 0 aliphatic heterocycles. The number of nitrogens with zero attached hydrogens (tertiary/aromatic N) is 1. The molecular formula is C15H22N2S. The molecule has 0 bridgehead atoms. The van der Waals surface area contributed by atoms with Crippen LogP contribution in [-0.2, 0) is 0 Å². The summed E-state index contributed by atoms with van der Waals surface area (Å²) < 4.78 is 0. The summed E-state index contributed by atoms with van der Waals surface area (Å²) in [6.45, 7) is 3.23. The normalized spacial score (nSPS) is 16.5. The van der Waals surface area contributed by atoms with Crippen molar-refractivity contribution in [3.8, 4) is 0 Å². The first kappa shape index (κ1) is 13.3. The highest BCUT2D eigenvalue weighted by Gasteiger charge is 2.22. The third-order valence-corrected chi connectivity index (χ3v) is 4.06. The lowest BCUT2D eigenvalue weighted by Crippen LogP contribution is -2.37. The van der Waals surface area contributed by atoms with Gasteiger partial charge in [0.25, 0.3) is 0 Å². The van der Waals surface area contributed by atoms with Crippen LogP contribution in [0, 0.1) is 0 Å². The van der Waals surface area contributed by atoms with E-state index in [-0.39, 0.29) is 0 Å². The molecule has 2 nitrogen and oxygen atoms in total. The van der Waals surface area contributed by atoms with Crippen LogP contribution >= 0.6 is 12.2 Å². The van der Waals surface area contributed by atoms with Crippen LogP contribution in [-0.4, -0.2) is 17.6 Å². The van der Waals surface area contributed by atoms with Crippen LogP contribution in [0.3, 0.4) is 0 Å². The lowest BCUT2D eigenvalue weighted by molar-refractivity contribution is 0.418. The van der Waals surface area contributed by atoms with Gasteiger partial charge in [-0.1, -0.05) is 43.6 Å². The van der Waals surface area contributed by atoms with E-state index >= 15 is 0 Å². The largest absolute Gasteiger partial charge is 0.389 e. The van der Waals surface area contributed by atoms with E-state index in [2.05, 4.69) is 24.0 Å². The quantitative estimate of drug-likeness (QED) is 0.842. The maximum atomic E-state index is 5.84. The van der Waals surface area contributed by atoms with Crippen molar-refractivity contribution < 1.29 is 0 Å². The topological polar surface area (TPSA) is 29.3 Å². The first-order valence-electron chi connectivity index (χ1n) is 6.89. The summed E-state index contributed by atoms with van der Waals surface area (Å²) >= 11 is 5.17. The minimum Gasteiger partial charge on any atom is -0.389 e. The fourth-order valence-electron chi connectivity index (χ4n) is 2.95. The number of para-hydroxylation sites is 1. The van der Waals surface area contributed by atoms with E-state index in [0.717, 1.165) is 12.1 Å². The zero-order valence-electron chi connectivity index (χ0n) is 11.1. The second-order valence-corrected chi connectivity index (χ2v) is 5.40. The molecule has 1 aliphatic carbocycles. The fourth-order valence-corrected chi connectivity index (χ4v) is 3.12. The molecule has 1 aliphatic rings. The van der Waals surface area contributed by atoms with Gasteiger partial charge in [0.15, 0.2) is 0 Å². The third kappa shape index (κ3) is 2.83. The van der Waals surface area contributed by atoms with Gasteiger partial charge in [0.05, 0.1) is 0 Å². The van der Waals surface area contributed by atoms with Crippen LogP contribution in [0.15, 0.2) is 24.3 Å². The smallest absolute Gasteiger partial charge is 0.106 e. The highest BCUT2D eigenvalue weighted by atomic mass is 32.1. The highest BCUT2D eigenvalue weighted by molar-refractivity contribution is 7.80. The Morgan fingerprint density at radius 3 is 2.56 bits per heavy atom. The van der Waals surface area contributed by atoms with Crippen molar-refractivity contribution in [2.24, 2.45) is 5.73 Å². The predicted molar refractivity (Wildman–Crippen MR) is 82.2 cm³/mol. The van der Waals surface area contributed by atoms with Gasteiger partial charge in [-0.15, -0.1) is 0 Å². The van der Waals surface area contributed by atoms with Crippen molar-refractivity contribution in [1.82, 2.24) is 0 Å². The molecule has 3 heteroatoms. The Balaban J connectivity index is 2.28. The molecule has 0 aromatic heterocycles. The van der Waals surface area contributed by atoms with Crippen LogP contribution in [0.1, 0.15) is 44.6 Å². The number of benzene rings is 1. The minimum atomic E-state index is 0.500. The highest BCUT2D eigenvalue weighted by Crippen LogP contribution is 2.29. The summed E-state index contributed by atoms with van der Waals surface area (Å²) in [5.41, 5.74) is 8.06. The van der Waals surface area contributed by atoms with Gasteiger partial charge in [-0.2, -0.15) is 0 Å². The molecule has 1 aromatic rings. The van der Waals surface area contributed by atoms with Gasteiger partial charge >= 0.3 is 0 Å². The van der Waals surface area contributed by atoms with Crippen molar-refractivity contribution in [2.75, 3.05) is 11.4 Å². The Kier molecular flexibility index (Phi) is 4.59. The molecule has 2 N–H and O–H groups in total. The summed E-state index contributed by atoms with van der Waals surface area (Å²) in [4.78, 5) is 2.98. The second-order valence-electron chi connectivity index (χ2n) is 4.96. The Morgan fingerprint density at radius 1 is 1.28 bits per heavy atom. The summed E-state index contributed by atoms with van der Waals surface area (Å²) in [7, 11) is 0. The summed E-state index contributed by atoms with van der Waals surface area (Å²) in [6, 6.07) is 8.91. The van der Waals surface area contributed by atoms with E-state index in [1.165, 1.54) is 37.8 Å². The molecule has 98 valence electrons. The second kappa shape index (κ2) is 6.19. The molecule has 0 radical (unpaired) electrons. The molecule has 2 rings (SSSR count). The van der Waals surface area contributed by atoms with E-state index in [0.29, 0.717) is 11.0 Å². The summed E-state index contributed by atoms with van der Waals surface area (Å²) in [6.07, 6.45) is 6.65. The molecule has 1 fully saturated rings. The molecule has 1 aromatic carbocycles. The zero-order valence-corrected chi connectivity index (χ0v) is 11.9. The van der Waals surface area contributed by atoms with Crippen LogP contribution in [0.25, 0.3) is 0 Å². The van der Waals surface area contributed by atoms with Gasteiger partial charge in [0, 0.05) is 23.8 Å². The summed E-state index contributed by atoms with van der Waals surface area (Å²) in [5, 5.41) is 0. The van der Waals surface area contributed by atoms with E-state index in [4.69, 9.17) is 18.0 Å². The molecule has 0 saturated heterocycles. The Labute approximate surface area is 115 Å². The van der Waals surface area contributed by atoms with Gasteiger partial charge in [-0.25, -0.2) is 0 Å². The average molecular weight is 262 g/mol.